The molecule has 0 saturated heterocycles. The molecule has 0 aliphatic rings. The Labute approximate surface area is 135 Å². The monoisotopic (exact) mass is 311 g/mol. The molecule has 1 rings (SSSR count). The van der Waals surface area contributed by atoms with Crippen LogP contribution in [0.3, 0.4) is 0 Å². The molecule has 1 heterocycles. The number of aromatic nitrogens is 1. The maximum atomic E-state index is 4.98. The van der Waals surface area contributed by atoms with Crippen LogP contribution in [-0.4, -0.2) is 23.6 Å². The van der Waals surface area contributed by atoms with Gasteiger partial charge in [0, 0.05) is 35.5 Å². The van der Waals surface area contributed by atoms with Crippen LogP contribution in [0.2, 0.25) is 0 Å². The predicted octanol–water partition coefficient (Wildman–Crippen LogP) is 4.56. The van der Waals surface area contributed by atoms with Crippen molar-refractivity contribution in [1.82, 2.24) is 10.3 Å². The maximum absolute atomic E-state index is 4.98. The van der Waals surface area contributed by atoms with Crippen LogP contribution in [0, 0.1) is 0 Å². The first-order valence-corrected chi connectivity index (χ1v) is 8.78. The zero-order valence-electron chi connectivity index (χ0n) is 15.3. The molecular weight excluding hydrogens is 278 g/mol. The summed E-state index contributed by atoms with van der Waals surface area (Å²) in [6.45, 7) is 18.8. The molecule has 0 fully saturated rings. The lowest BCUT2D eigenvalue weighted by Crippen LogP contribution is -2.40. The summed E-state index contributed by atoms with van der Waals surface area (Å²) < 4.78 is 0. The SMILES string of the molecule is CCC(C)(C)N(C)c1nc(C(C)(C)C)c(CNC(C)C)s1. The van der Waals surface area contributed by atoms with Crippen LogP contribution >= 0.6 is 11.3 Å². The zero-order valence-corrected chi connectivity index (χ0v) is 16.1. The average molecular weight is 312 g/mol. The van der Waals surface area contributed by atoms with Crippen molar-refractivity contribution >= 4 is 16.5 Å². The van der Waals surface area contributed by atoms with E-state index in [1.807, 2.05) is 11.3 Å². The highest BCUT2D eigenvalue weighted by Crippen LogP contribution is 2.36. The molecule has 0 spiro atoms. The molecule has 0 bridgehead atoms. The van der Waals surface area contributed by atoms with Gasteiger partial charge in [0.15, 0.2) is 5.13 Å². The lowest BCUT2D eigenvalue weighted by Gasteiger charge is -2.34. The van der Waals surface area contributed by atoms with E-state index in [-0.39, 0.29) is 11.0 Å². The van der Waals surface area contributed by atoms with Crippen LogP contribution < -0.4 is 10.2 Å². The normalized spacial score (nSPS) is 13.0. The van der Waals surface area contributed by atoms with Crippen LogP contribution in [0.5, 0.6) is 0 Å². The largest absolute Gasteiger partial charge is 0.346 e. The van der Waals surface area contributed by atoms with Gasteiger partial charge in [-0.05, 0) is 20.3 Å². The van der Waals surface area contributed by atoms with Gasteiger partial charge in [-0.3, -0.25) is 0 Å². The van der Waals surface area contributed by atoms with Crippen molar-refractivity contribution in [2.45, 2.75) is 85.4 Å². The van der Waals surface area contributed by atoms with E-state index in [2.05, 4.69) is 72.7 Å². The molecule has 1 aromatic rings. The van der Waals surface area contributed by atoms with Gasteiger partial charge in [-0.1, -0.05) is 41.5 Å². The molecule has 1 N–H and O–H groups in total. The van der Waals surface area contributed by atoms with Gasteiger partial charge in [0.2, 0.25) is 0 Å². The summed E-state index contributed by atoms with van der Waals surface area (Å²) in [6, 6.07) is 0.494. The number of anilines is 1. The summed E-state index contributed by atoms with van der Waals surface area (Å²) in [7, 11) is 2.16. The van der Waals surface area contributed by atoms with Gasteiger partial charge in [-0.2, -0.15) is 0 Å². The fourth-order valence-corrected chi connectivity index (χ4v) is 3.33. The number of nitrogens with one attached hydrogen (secondary N) is 1. The highest BCUT2D eigenvalue weighted by Gasteiger charge is 2.28. The highest BCUT2D eigenvalue weighted by molar-refractivity contribution is 7.15. The van der Waals surface area contributed by atoms with Crippen molar-refractivity contribution in [3.63, 3.8) is 0 Å². The maximum Gasteiger partial charge on any atom is 0.186 e. The van der Waals surface area contributed by atoms with E-state index >= 15 is 0 Å². The number of rotatable bonds is 6. The number of hydrogen-bond acceptors (Lipinski definition) is 4. The molecule has 0 unspecified atom stereocenters. The highest BCUT2D eigenvalue weighted by atomic mass is 32.1. The molecule has 0 aliphatic heterocycles. The van der Waals surface area contributed by atoms with E-state index < -0.39 is 0 Å². The smallest absolute Gasteiger partial charge is 0.186 e. The first-order valence-electron chi connectivity index (χ1n) is 7.96. The molecule has 21 heavy (non-hydrogen) atoms. The van der Waals surface area contributed by atoms with Gasteiger partial charge in [-0.25, -0.2) is 4.98 Å². The van der Waals surface area contributed by atoms with Gasteiger partial charge in [0.05, 0.1) is 5.69 Å². The van der Waals surface area contributed by atoms with Crippen LogP contribution in [0.25, 0.3) is 0 Å². The van der Waals surface area contributed by atoms with Crippen molar-refractivity contribution in [3.8, 4) is 0 Å². The minimum absolute atomic E-state index is 0.0833. The lowest BCUT2D eigenvalue weighted by molar-refractivity contribution is 0.468. The first kappa shape index (κ1) is 18.4. The van der Waals surface area contributed by atoms with Gasteiger partial charge in [0.25, 0.3) is 0 Å². The Hall–Kier alpha value is -0.610. The molecule has 3 nitrogen and oxygen atoms in total. The summed E-state index contributed by atoms with van der Waals surface area (Å²) in [5, 5.41) is 4.66. The summed E-state index contributed by atoms with van der Waals surface area (Å²) in [6.07, 6.45) is 1.10. The second-order valence-electron chi connectivity index (χ2n) is 7.78. The number of thiazole rings is 1. The Bertz CT molecular complexity index is 455. The first-order chi connectivity index (χ1) is 9.49. The molecule has 122 valence electrons. The fourth-order valence-electron chi connectivity index (χ4n) is 1.98. The average Bonchev–Trinajstić information content (AvgIpc) is 2.79. The quantitative estimate of drug-likeness (QED) is 0.834. The molecule has 0 saturated carbocycles. The Balaban J connectivity index is 3.14. The molecule has 0 amide bonds. The van der Waals surface area contributed by atoms with Crippen LogP contribution in [0.4, 0.5) is 5.13 Å². The Morgan fingerprint density at radius 2 is 1.76 bits per heavy atom. The minimum Gasteiger partial charge on any atom is -0.346 e. The third-order valence-electron chi connectivity index (χ3n) is 4.13. The van der Waals surface area contributed by atoms with E-state index in [9.17, 15) is 0 Å². The Morgan fingerprint density at radius 3 is 2.19 bits per heavy atom. The number of hydrogen-bond donors (Lipinski definition) is 1. The van der Waals surface area contributed by atoms with Gasteiger partial charge in [-0.15, -0.1) is 11.3 Å². The second-order valence-corrected chi connectivity index (χ2v) is 8.84. The minimum atomic E-state index is 0.0833. The third-order valence-corrected chi connectivity index (χ3v) is 5.26. The van der Waals surface area contributed by atoms with Gasteiger partial charge in [0.1, 0.15) is 0 Å². The predicted molar refractivity (Wildman–Crippen MR) is 95.6 cm³/mol. The molecule has 4 heteroatoms. The summed E-state index contributed by atoms with van der Waals surface area (Å²) in [4.78, 5) is 8.67. The van der Waals surface area contributed by atoms with E-state index in [1.54, 1.807) is 0 Å². The van der Waals surface area contributed by atoms with Crippen molar-refractivity contribution in [1.29, 1.82) is 0 Å². The van der Waals surface area contributed by atoms with Crippen LogP contribution in [0.1, 0.15) is 72.4 Å². The molecule has 0 atom stereocenters. The summed E-state index contributed by atoms with van der Waals surface area (Å²) >= 11 is 1.83. The topological polar surface area (TPSA) is 28.2 Å². The van der Waals surface area contributed by atoms with Crippen molar-refractivity contribution < 1.29 is 0 Å². The molecule has 0 aliphatic carbocycles. The van der Waals surface area contributed by atoms with E-state index in [4.69, 9.17) is 4.98 Å². The van der Waals surface area contributed by atoms with Crippen LogP contribution in [-0.2, 0) is 12.0 Å². The van der Waals surface area contributed by atoms with Gasteiger partial charge < -0.3 is 10.2 Å². The Morgan fingerprint density at radius 1 is 1.19 bits per heavy atom. The third kappa shape index (κ3) is 4.68. The second kappa shape index (κ2) is 6.66. The fraction of sp³-hybridized carbons (Fsp3) is 0.824. The Kier molecular flexibility index (Phi) is 5.84. The lowest BCUT2D eigenvalue weighted by atomic mass is 9.91. The number of nitrogens with zero attached hydrogens (tertiary/aromatic N) is 2. The van der Waals surface area contributed by atoms with Crippen molar-refractivity contribution in [3.05, 3.63) is 10.6 Å². The zero-order chi connectivity index (χ0) is 16.4. The van der Waals surface area contributed by atoms with Crippen molar-refractivity contribution in [2.24, 2.45) is 0 Å². The summed E-state index contributed by atoms with van der Waals surface area (Å²) in [5.41, 5.74) is 1.45. The van der Waals surface area contributed by atoms with E-state index in [0.29, 0.717) is 6.04 Å². The molecule has 0 radical (unpaired) electrons. The summed E-state index contributed by atoms with van der Waals surface area (Å²) in [5.74, 6) is 0. The molecule has 1 aromatic heterocycles. The van der Waals surface area contributed by atoms with E-state index in [1.165, 1.54) is 10.6 Å². The van der Waals surface area contributed by atoms with E-state index in [0.717, 1.165) is 18.1 Å². The van der Waals surface area contributed by atoms with Crippen molar-refractivity contribution in [2.75, 3.05) is 11.9 Å². The standard InChI is InChI=1S/C17H33N3S/c1-10-17(7,8)20(9)15-19-14(16(4,5)6)13(21-15)11-18-12(2)3/h12,18H,10-11H2,1-9H3. The van der Waals surface area contributed by atoms with Gasteiger partial charge >= 0.3 is 0 Å². The molecule has 0 aromatic carbocycles. The molecular formula is C17H33N3S. The van der Waals surface area contributed by atoms with Crippen LogP contribution in [0.15, 0.2) is 0 Å².